The van der Waals surface area contributed by atoms with Crippen LogP contribution in [0.5, 0.6) is 5.75 Å². The molecule has 0 spiro atoms. The normalized spacial score (nSPS) is 16.2. The summed E-state index contributed by atoms with van der Waals surface area (Å²) in [4.78, 5) is 27.4. The lowest BCUT2D eigenvalue weighted by Crippen LogP contribution is -2.37. The molecule has 42 heavy (non-hydrogen) atoms. The Morgan fingerprint density at radius 2 is 1.74 bits per heavy atom. The maximum absolute atomic E-state index is 14.1. The highest BCUT2D eigenvalue weighted by atomic mass is 35.5. The number of carbonyl (C=O) groups excluding carboxylic acids is 1. The van der Waals surface area contributed by atoms with Gasteiger partial charge in [0.25, 0.3) is 5.91 Å². The van der Waals surface area contributed by atoms with Crippen LogP contribution in [-0.4, -0.2) is 69.8 Å². The number of piperidine rings is 1. The first-order valence-corrected chi connectivity index (χ1v) is 14.8. The molecule has 1 aliphatic heterocycles. The van der Waals surface area contributed by atoms with Crippen LogP contribution in [0.15, 0.2) is 42.5 Å². The van der Waals surface area contributed by atoms with E-state index in [1.54, 1.807) is 18.2 Å². The van der Waals surface area contributed by atoms with Gasteiger partial charge in [0.05, 0.1) is 16.1 Å². The fourth-order valence-electron chi connectivity index (χ4n) is 4.80. The van der Waals surface area contributed by atoms with E-state index in [9.17, 15) is 22.8 Å². The van der Waals surface area contributed by atoms with Gasteiger partial charge in [-0.3, -0.25) is 30.2 Å². The third-order valence-electron chi connectivity index (χ3n) is 7.32. The van der Waals surface area contributed by atoms with E-state index >= 15 is 0 Å². The second-order valence-corrected chi connectivity index (χ2v) is 11.9. The van der Waals surface area contributed by atoms with Crippen molar-refractivity contribution in [2.75, 3.05) is 32.8 Å². The zero-order valence-electron chi connectivity index (χ0n) is 22.8. The van der Waals surface area contributed by atoms with E-state index in [0.29, 0.717) is 31.4 Å². The molecule has 1 saturated heterocycles. The second kappa shape index (κ2) is 13.9. The van der Waals surface area contributed by atoms with Crippen LogP contribution in [0, 0.1) is 22.7 Å². The summed E-state index contributed by atoms with van der Waals surface area (Å²) >= 11 is 6.66. The molecule has 2 aromatic carbocycles. The Labute approximate surface area is 251 Å². The zero-order chi connectivity index (χ0) is 30.4. The van der Waals surface area contributed by atoms with Gasteiger partial charge in [-0.1, -0.05) is 23.7 Å². The van der Waals surface area contributed by atoms with Crippen LogP contribution in [0.4, 0.5) is 13.2 Å². The Hall–Kier alpha value is -3.09. The van der Waals surface area contributed by atoms with E-state index < -0.39 is 34.2 Å². The highest BCUT2D eigenvalue weighted by Crippen LogP contribution is 2.37. The number of halogens is 4. The Morgan fingerprint density at radius 1 is 1.05 bits per heavy atom. The summed E-state index contributed by atoms with van der Waals surface area (Å²) in [5, 5.41) is 25.3. The van der Waals surface area contributed by atoms with E-state index in [-0.39, 0.29) is 52.9 Å². The van der Waals surface area contributed by atoms with E-state index in [4.69, 9.17) is 32.3 Å². The summed E-state index contributed by atoms with van der Waals surface area (Å²) in [5.74, 6) is -1.03. The lowest BCUT2D eigenvalue weighted by molar-refractivity contribution is -0.139. The Kier molecular flexibility index (Phi) is 10.6. The summed E-state index contributed by atoms with van der Waals surface area (Å²) in [7, 11) is 0. The Bertz CT molecular complexity index is 1330. The maximum atomic E-state index is 14.1. The number of alkyl halides is 3. The molecule has 0 radical (unpaired) electrons. The number of hydrogen-bond donors (Lipinski definition) is 3. The number of carboxylic acid groups (broad SMARTS) is 1. The van der Waals surface area contributed by atoms with Gasteiger partial charge >= 0.3 is 12.1 Å². The van der Waals surface area contributed by atoms with E-state index in [2.05, 4.69) is 4.90 Å². The smallest absolute Gasteiger partial charge is 0.417 e. The van der Waals surface area contributed by atoms with E-state index in [0.717, 1.165) is 37.8 Å². The summed E-state index contributed by atoms with van der Waals surface area (Å²) < 4.78 is 47.8. The summed E-state index contributed by atoms with van der Waals surface area (Å²) in [6.45, 7) is 2.26. The standard InChI is InChI=1S/C29H32ClF3N4O4S/c30-24-4-2-1-3-22(24)27(40)37(17-19-5-6-19)28(35)42-26(34)21-8-7-20(16-23(21)29(31,32)33)41-14-13-36-11-9-18(10-12-36)15-25(38)39/h1-4,7-8,16,18-19,34-35H,5-6,9-15,17H2,(H,38,39). The Morgan fingerprint density at radius 3 is 2.36 bits per heavy atom. The van der Waals surface area contributed by atoms with Crippen LogP contribution < -0.4 is 4.74 Å². The first-order chi connectivity index (χ1) is 19.9. The number of nitrogens with zero attached hydrogens (tertiary/aromatic N) is 2. The number of thioether (sulfide) groups is 1. The number of hydrogen-bond acceptors (Lipinski definition) is 7. The minimum atomic E-state index is -4.78. The highest BCUT2D eigenvalue weighted by Gasteiger charge is 2.36. The molecule has 0 aromatic heterocycles. The van der Waals surface area contributed by atoms with Crippen molar-refractivity contribution in [3.63, 3.8) is 0 Å². The van der Waals surface area contributed by atoms with Crippen molar-refractivity contribution in [1.82, 2.24) is 9.80 Å². The molecule has 2 fully saturated rings. The number of benzene rings is 2. The molecule has 8 nitrogen and oxygen atoms in total. The van der Waals surface area contributed by atoms with Crippen molar-refractivity contribution >= 4 is 45.5 Å². The Balaban J connectivity index is 1.40. The molecule has 2 aromatic rings. The molecule has 4 rings (SSSR count). The van der Waals surface area contributed by atoms with Crippen LogP contribution in [0.1, 0.15) is 53.6 Å². The molecule has 1 amide bonds. The average molecular weight is 625 g/mol. The summed E-state index contributed by atoms with van der Waals surface area (Å²) in [5.41, 5.74) is -1.30. The quantitative estimate of drug-likeness (QED) is 0.206. The van der Waals surface area contributed by atoms with Crippen LogP contribution in [0.2, 0.25) is 5.02 Å². The number of nitrogens with one attached hydrogen (secondary N) is 2. The number of aliphatic carboxylic acids is 1. The van der Waals surface area contributed by atoms with Gasteiger partial charge in [0.1, 0.15) is 17.4 Å². The maximum Gasteiger partial charge on any atom is 0.417 e. The van der Waals surface area contributed by atoms with Gasteiger partial charge in [0, 0.05) is 25.1 Å². The minimum absolute atomic E-state index is 0.00368. The SMILES string of the molecule is N=C(SC(=N)N(CC1CC1)C(=O)c1ccccc1Cl)c1ccc(OCCN2CCC(CC(=O)O)CC2)cc1C(F)(F)F. The number of amidine groups is 1. The first kappa shape index (κ1) is 31.8. The van der Waals surface area contributed by atoms with Crippen LogP contribution in [0.3, 0.4) is 0 Å². The molecule has 0 atom stereocenters. The summed E-state index contributed by atoms with van der Waals surface area (Å²) in [6, 6.07) is 9.74. The molecular weight excluding hydrogens is 593 g/mol. The van der Waals surface area contributed by atoms with Gasteiger partial charge in [-0.25, -0.2) is 0 Å². The van der Waals surface area contributed by atoms with Crippen molar-refractivity contribution in [3.05, 3.63) is 64.2 Å². The number of amides is 1. The molecular formula is C29H32ClF3N4O4S. The average Bonchev–Trinajstić information content (AvgIpc) is 3.76. The molecule has 2 aliphatic rings. The highest BCUT2D eigenvalue weighted by molar-refractivity contribution is 8.26. The summed E-state index contributed by atoms with van der Waals surface area (Å²) in [6.07, 6.45) is -1.39. The topological polar surface area (TPSA) is 118 Å². The van der Waals surface area contributed by atoms with Gasteiger partial charge < -0.3 is 9.84 Å². The van der Waals surface area contributed by atoms with Crippen molar-refractivity contribution in [2.45, 2.75) is 38.3 Å². The van der Waals surface area contributed by atoms with Gasteiger partial charge in [-0.2, -0.15) is 13.2 Å². The third-order valence-corrected chi connectivity index (χ3v) is 8.49. The lowest BCUT2D eigenvalue weighted by atomic mass is 9.94. The van der Waals surface area contributed by atoms with Gasteiger partial charge in [0.2, 0.25) is 0 Å². The second-order valence-electron chi connectivity index (χ2n) is 10.5. The monoisotopic (exact) mass is 624 g/mol. The molecule has 226 valence electrons. The fraction of sp³-hybridized carbons (Fsp3) is 0.448. The number of ether oxygens (including phenoxy) is 1. The number of likely N-dealkylation sites (tertiary alicyclic amines) is 1. The number of carboxylic acids is 1. The van der Waals surface area contributed by atoms with Gasteiger partial charge in [0.15, 0.2) is 5.17 Å². The predicted molar refractivity (Wildman–Crippen MR) is 156 cm³/mol. The molecule has 13 heteroatoms. The molecule has 1 heterocycles. The fourth-order valence-corrected chi connectivity index (χ4v) is 5.77. The first-order valence-electron chi connectivity index (χ1n) is 13.6. The largest absolute Gasteiger partial charge is 0.492 e. The minimum Gasteiger partial charge on any atom is -0.492 e. The van der Waals surface area contributed by atoms with E-state index in [1.165, 1.54) is 17.0 Å². The zero-order valence-corrected chi connectivity index (χ0v) is 24.3. The molecule has 1 saturated carbocycles. The molecule has 0 unspecified atom stereocenters. The number of carbonyl (C=O) groups is 2. The van der Waals surface area contributed by atoms with Gasteiger partial charge in [-0.05, 0) is 92.7 Å². The van der Waals surface area contributed by atoms with Crippen LogP contribution >= 0.6 is 23.4 Å². The van der Waals surface area contributed by atoms with Crippen LogP contribution in [0.25, 0.3) is 0 Å². The molecule has 0 bridgehead atoms. The van der Waals surface area contributed by atoms with Crippen molar-refractivity contribution in [3.8, 4) is 5.75 Å². The molecule has 1 aliphatic carbocycles. The van der Waals surface area contributed by atoms with Crippen LogP contribution in [-0.2, 0) is 11.0 Å². The van der Waals surface area contributed by atoms with E-state index in [1.807, 2.05) is 0 Å². The third kappa shape index (κ3) is 8.71. The van der Waals surface area contributed by atoms with Crippen molar-refractivity contribution in [2.24, 2.45) is 11.8 Å². The van der Waals surface area contributed by atoms with Crippen molar-refractivity contribution < 1.29 is 32.6 Å². The van der Waals surface area contributed by atoms with Gasteiger partial charge in [-0.15, -0.1) is 0 Å². The van der Waals surface area contributed by atoms with Crippen molar-refractivity contribution in [1.29, 1.82) is 10.8 Å². The lowest BCUT2D eigenvalue weighted by Gasteiger charge is -2.31. The number of rotatable bonds is 10. The molecule has 3 N–H and O–H groups in total. The predicted octanol–water partition coefficient (Wildman–Crippen LogP) is 6.47.